The third-order valence-corrected chi connectivity index (χ3v) is 4.03. The molecule has 4 nitrogen and oxygen atoms in total. The first-order chi connectivity index (χ1) is 9.67. The number of nitrogens with two attached hydrogens (primary N) is 1. The fourth-order valence-electron chi connectivity index (χ4n) is 3.16. The van der Waals surface area contributed by atoms with Crippen molar-refractivity contribution in [2.45, 2.75) is 44.9 Å². The van der Waals surface area contributed by atoms with Crippen LogP contribution in [0.1, 0.15) is 59.5 Å². The molecule has 0 radical (unpaired) electrons. The van der Waals surface area contributed by atoms with E-state index in [-0.39, 0.29) is 12.7 Å². The first kappa shape index (κ1) is 14.9. The van der Waals surface area contributed by atoms with E-state index >= 15 is 0 Å². The molecule has 0 atom stereocenters. The van der Waals surface area contributed by atoms with Crippen molar-refractivity contribution in [3.63, 3.8) is 0 Å². The first-order valence-electron chi connectivity index (χ1n) is 7.23. The number of esters is 1. The van der Waals surface area contributed by atoms with E-state index < -0.39 is 0 Å². The maximum Gasteiger partial charge on any atom is 0.338 e. The van der Waals surface area contributed by atoms with Gasteiger partial charge in [0.25, 0.3) is 0 Å². The largest absolute Gasteiger partial charge is 0.479 e. The average molecular weight is 277 g/mol. The van der Waals surface area contributed by atoms with Gasteiger partial charge in [-0.1, -0.05) is 19.3 Å². The molecule has 1 saturated carbocycles. The molecule has 1 fully saturated rings. The van der Waals surface area contributed by atoms with Gasteiger partial charge in [-0.15, -0.1) is 0 Å². The summed E-state index contributed by atoms with van der Waals surface area (Å²) in [6.07, 6.45) is 6.03. The van der Waals surface area contributed by atoms with Gasteiger partial charge in [0.05, 0.1) is 12.7 Å². The van der Waals surface area contributed by atoms with Crippen molar-refractivity contribution in [1.82, 2.24) is 0 Å². The summed E-state index contributed by atoms with van der Waals surface area (Å²) in [7, 11) is 1.42. The van der Waals surface area contributed by atoms with Crippen LogP contribution in [0.4, 0.5) is 0 Å². The second-order valence-corrected chi connectivity index (χ2v) is 5.34. The van der Waals surface area contributed by atoms with E-state index in [0.717, 1.165) is 24.0 Å². The van der Waals surface area contributed by atoms with Crippen molar-refractivity contribution in [2.24, 2.45) is 5.73 Å². The molecular weight excluding hydrogens is 254 g/mol. The Hall–Kier alpha value is -1.55. The average Bonchev–Trinajstić information content (AvgIpc) is 2.47. The van der Waals surface area contributed by atoms with Crippen LogP contribution < -0.4 is 10.5 Å². The van der Waals surface area contributed by atoms with E-state index in [0.29, 0.717) is 17.2 Å². The quantitative estimate of drug-likeness (QED) is 0.678. The molecule has 4 heteroatoms. The SMILES string of the molecule is COC(=O)c1cc(OCN)cc(C)c1C1CCCCC1. The van der Waals surface area contributed by atoms with Gasteiger partial charge in [-0.25, -0.2) is 4.79 Å². The molecule has 0 saturated heterocycles. The second kappa shape index (κ2) is 6.75. The Kier molecular flexibility index (Phi) is 5.01. The van der Waals surface area contributed by atoms with E-state index in [9.17, 15) is 4.79 Å². The molecule has 2 N–H and O–H groups in total. The number of rotatable bonds is 4. The van der Waals surface area contributed by atoms with Crippen molar-refractivity contribution in [3.05, 3.63) is 28.8 Å². The Labute approximate surface area is 120 Å². The Bertz CT molecular complexity index is 479. The number of ether oxygens (including phenoxy) is 2. The number of hydrogen-bond donors (Lipinski definition) is 1. The summed E-state index contributed by atoms with van der Waals surface area (Å²) >= 11 is 0. The van der Waals surface area contributed by atoms with Gasteiger partial charge in [-0.3, -0.25) is 5.73 Å². The smallest absolute Gasteiger partial charge is 0.338 e. The Balaban J connectivity index is 2.44. The normalized spacial score (nSPS) is 15.9. The number of hydrogen-bond acceptors (Lipinski definition) is 4. The van der Waals surface area contributed by atoms with E-state index in [1.165, 1.54) is 26.4 Å². The summed E-state index contributed by atoms with van der Waals surface area (Å²) < 4.78 is 10.3. The standard InChI is InChI=1S/C16H23NO3/c1-11-8-13(20-10-17)9-14(16(18)19-2)15(11)12-6-4-3-5-7-12/h8-9,12H,3-7,10,17H2,1-2H3. The lowest BCUT2D eigenvalue weighted by Crippen LogP contribution is -2.15. The molecule has 0 bridgehead atoms. The van der Waals surface area contributed by atoms with Gasteiger partial charge >= 0.3 is 5.97 Å². The predicted molar refractivity (Wildman–Crippen MR) is 78.0 cm³/mol. The van der Waals surface area contributed by atoms with Crippen molar-refractivity contribution in [1.29, 1.82) is 0 Å². The molecule has 0 unspecified atom stereocenters. The minimum atomic E-state index is -0.295. The highest BCUT2D eigenvalue weighted by molar-refractivity contribution is 5.92. The number of carbonyl (C=O) groups excluding carboxylic acids is 1. The molecule has 20 heavy (non-hydrogen) atoms. The highest BCUT2D eigenvalue weighted by Crippen LogP contribution is 2.38. The molecule has 2 rings (SSSR count). The third-order valence-electron chi connectivity index (χ3n) is 4.03. The minimum absolute atomic E-state index is 0.100. The lowest BCUT2D eigenvalue weighted by molar-refractivity contribution is 0.0598. The highest BCUT2D eigenvalue weighted by atomic mass is 16.5. The van der Waals surface area contributed by atoms with Crippen LogP contribution in [-0.2, 0) is 4.74 Å². The summed E-state index contributed by atoms with van der Waals surface area (Å²) in [6.45, 7) is 2.13. The second-order valence-electron chi connectivity index (χ2n) is 5.34. The highest BCUT2D eigenvalue weighted by Gasteiger charge is 2.24. The number of methoxy groups -OCH3 is 1. The lowest BCUT2D eigenvalue weighted by Gasteiger charge is -2.26. The van der Waals surface area contributed by atoms with Gasteiger partial charge in [0.2, 0.25) is 0 Å². The predicted octanol–water partition coefficient (Wildman–Crippen LogP) is 3.12. The molecule has 0 heterocycles. The monoisotopic (exact) mass is 277 g/mol. The van der Waals surface area contributed by atoms with Crippen LogP contribution in [0.2, 0.25) is 0 Å². The van der Waals surface area contributed by atoms with Crippen molar-refractivity contribution < 1.29 is 14.3 Å². The molecule has 1 aromatic carbocycles. The van der Waals surface area contributed by atoms with Crippen LogP contribution in [0.15, 0.2) is 12.1 Å². The Morgan fingerprint density at radius 1 is 1.30 bits per heavy atom. The van der Waals surface area contributed by atoms with Crippen LogP contribution >= 0.6 is 0 Å². The Morgan fingerprint density at radius 3 is 2.60 bits per heavy atom. The third kappa shape index (κ3) is 3.12. The van der Waals surface area contributed by atoms with Gasteiger partial charge in [0.1, 0.15) is 12.5 Å². The van der Waals surface area contributed by atoms with Crippen LogP contribution in [-0.4, -0.2) is 19.8 Å². The topological polar surface area (TPSA) is 61.5 Å². The van der Waals surface area contributed by atoms with Crippen LogP contribution in [0.5, 0.6) is 5.75 Å². The van der Waals surface area contributed by atoms with Crippen molar-refractivity contribution >= 4 is 5.97 Å². The molecule has 0 aliphatic heterocycles. The molecule has 1 aliphatic rings. The Morgan fingerprint density at radius 2 is 2.00 bits per heavy atom. The fourth-order valence-corrected chi connectivity index (χ4v) is 3.16. The summed E-state index contributed by atoms with van der Waals surface area (Å²) in [5, 5.41) is 0. The zero-order valence-corrected chi connectivity index (χ0v) is 12.3. The summed E-state index contributed by atoms with van der Waals surface area (Å²) in [4.78, 5) is 12.1. The van der Waals surface area contributed by atoms with Crippen LogP contribution in [0, 0.1) is 6.92 Å². The fraction of sp³-hybridized carbons (Fsp3) is 0.562. The van der Waals surface area contributed by atoms with Gasteiger partial charge in [-0.2, -0.15) is 0 Å². The van der Waals surface area contributed by atoms with E-state index in [2.05, 4.69) is 0 Å². The summed E-state index contributed by atoms with van der Waals surface area (Å²) in [5.41, 5.74) is 8.25. The van der Waals surface area contributed by atoms with Gasteiger partial charge in [0, 0.05) is 0 Å². The molecule has 1 aromatic rings. The summed E-state index contributed by atoms with van der Waals surface area (Å²) in [5.74, 6) is 0.783. The van der Waals surface area contributed by atoms with E-state index in [1.807, 2.05) is 13.0 Å². The molecule has 1 aliphatic carbocycles. The molecule has 110 valence electrons. The minimum Gasteiger partial charge on any atom is -0.479 e. The lowest BCUT2D eigenvalue weighted by atomic mass is 9.80. The molecule has 0 amide bonds. The summed E-state index contributed by atoms with van der Waals surface area (Å²) in [6, 6.07) is 3.72. The van der Waals surface area contributed by atoms with Gasteiger partial charge < -0.3 is 9.47 Å². The van der Waals surface area contributed by atoms with E-state index in [4.69, 9.17) is 15.2 Å². The van der Waals surface area contributed by atoms with Crippen LogP contribution in [0.3, 0.4) is 0 Å². The number of aryl methyl sites for hydroxylation is 1. The van der Waals surface area contributed by atoms with Crippen molar-refractivity contribution in [2.75, 3.05) is 13.8 Å². The zero-order valence-electron chi connectivity index (χ0n) is 12.3. The maximum atomic E-state index is 12.1. The zero-order chi connectivity index (χ0) is 14.5. The van der Waals surface area contributed by atoms with Gasteiger partial charge in [-0.05, 0) is 48.9 Å². The first-order valence-corrected chi connectivity index (χ1v) is 7.23. The number of carbonyl (C=O) groups is 1. The molecule has 0 spiro atoms. The maximum absolute atomic E-state index is 12.1. The molecular formula is C16H23NO3. The van der Waals surface area contributed by atoms with Gasteiger partial charge in [0.15, 0.2) is 0 Å². The van der Waals surface area contributed by atoms with E-state index in [1.54, 1.807) is 6.07 Å². The number of benzene rings is 1. The molecule has 0 aromatic heterocycles. The van der Waals surface area contributed by atoms with Crippen molar-refractivity contribution in [3.8, 4) is 5.75 Å². The van der Waals surface area contributed by atoms with Crippen LogP contribution in [0.25, 0.3) is 0 Å².